The minimum absolute atomic E-state index is 0.202. The highest BCUT2D eigenvalue weighted by Gasteiger charge is 2.39. The molecule has 2 aliphatic rings. The Morgan fingerprint density at radius 3 is 0.800 bits per heavy atom. The lowest BCUT2D eigenvalue weighted by atomic mass is 9.82. The molecule has 2 heterocycles. The van der Waals surface area contributed by atoms with E-state index in [0.717, 1.165) is 92.6 Å². The lowest BCUT2D eigenvalue weighted by Gasteiger charge is -2.33. The predicted octanol–water partition coefficient (Wildman–Crippen LogP) is 23.4. The second-order valence-electron chi connectivity index (χ2n) is 25.0. The number of imide groups is 2. The minimum Gasteiger partial charge on any atom is -0.274 e. The van der Waals surface area contributed by atoms with Crippen LogP contribution in [0.4, 0.5) is 0 Å². The van der Waals surface area contributed by atoms with Gasteiger partial charge in [-0.15, -0.1) is 0 Å². The molecule has 0 aromatic heterocycles. The van der Waals surface area contributed by atoms with Crippen molar-refractivity contribution in [2.45, 2.75) is 285 Å². The summed E-state index contributed by atoms with van der Waals surface area (Å²) in [5, 5.41) is 6.75. The van der Waals surface area contributed by atoms with Crippen LogP contribution in [0.15, 0.2) is 45.3 Å². The molecule has 0 fully saturated rings. The average molecular weight is 1220 g/mol. The molecule has 0 bridgehead atoms. The molecule has 0 saturated carbocycles. The molecule has 0 aliphatic carbocycles. The minimum atomic E-state index is -0.212. The highest BCUT2D eigenvalue weighted by molar-refractivity contribution is 9.11. The number of unbranched alkanes of at least 4 members (excludes halogenated alkanes) is 32. The van der Waals surface area contributed by atoms with Crippen LogP contribution in [-0.4, -0.2) is 46.5 Å². The van der Waals surface area contributed by atoms with Crippen molar-refractivity contribution in [3.05, 3.63) is 67.6 Å². The monoisotopic (exact) mass is 1220 g/mol. The molecule has 0 spiro atoms. The van der Waals surface area contributed by atoms with E-state index in [-0.39, 0.29) is 35.5 Å². The zero-order valence-corrected chi connectivity index (χ0v) is 53.8. The van der Waals surface area contributed by atoms with Crippen molar-refractivity contribution in [3.63, 3.8) is 0 Å². The van der Waals surface area contributed by atoms with Gasteiger partial charge in [-0.3, -0.25) is 29.0 Å². The second-order valence-corrected chi connectivity index (χ2v) is 26.7. The summed E-state index contributed by atoms with van der Waals surface area (Å²) in [4.78, 5) is 62.9. The number of hydrogen-bond donors (Lipinski definition) is 0. The number of rotatable bonds is 44. The number of hydrogen-bond acceptors (Lipinski definition) is 4. The van der Waals surface area contributed by atoms with Gasteiger partial charge in [-0.1, -0.05) is 303 Å². The molecular formula is C72H104Br2N2O4. The van der Waals surface area contributed by atoms with Crippen molar-refractivity contribution in [3.8, 4) is 0 Å². The van der Waals surface area contributed by atoms with E-state index in [4.69, 9.17) is 0 Å². The van der Waals surface area contributed by atoms with Gasteiger partial charge in [0.15, 0.2) is 0 Å². The summed E-state index contributed by atoms with van der Waals surface area (Å²) in [7, 11) is 0. The zero-order chi connectivity index (χ0) is 56.6. The van der Waals surface area contributed by atoms with E-state index >= 15 is 0 Å². The maximum absolute atomic E-state index is 15.0. The van der Waals surface area contributed by atoms with Crippen LogP contribution >= 0.6 is 31.9 Å². The van der Waals surface area contributed by atoms with Crippen molar-refractivity contribution < 1.29 is 19.2 Å². The maximum Gasteiger partial charge on any atom is 0.261 e. The van der Waals surface area contributed by atoms with E-state index in [1.807, 2.05) is 36.4 Å². The van der Waals surface area contributed by atoms with Crippen LogP contribution in [0.1, 0.15) is 326 Å². The summed E-state index contributed by atoms with van der Waals surface area (Å²) >= 11 is 7.98. The van der Waals surface area contributed by atoms with Crippen LogP contribution < -0.4 is 0 Å². The third kappa shape index (κ3) is 16.9. The predicted molar refractivity (Wildman–Crippen MR) is 348 cm³/mol. The number of amides is 4. The maximum atomic E-state index is 15.0. The van der Waals surface area contributed by atoms with Crippen molar-refractivity contribution >= 4 is 98.6 Å². The third-order valence-electron chi connectivity index (χ3n) is 18.7. The first kappa shape index (κ1) is 64.2. The summed E-state index contributed by atoms with van der Waals surface area (Å²) in [6, 6.07) is 11.8. The first-order valence-electron chi connectivity index (χ1n) is 33.5. The molecule has 2 aliphatic heterocycles. The van der Waals surface area contributed by atoms with Gasteiger partial charge in [0.25, 0.3) is 23.6 Å². The molecule has 7 rings (SSSR count). The molecular weight excluding hydrogens is 1120 g/mol. The summed E-state index contributed by atoms with van der Waals surface area (Å²) < 4.78 is 1.55. The number of nitrogens with zero attached hydrogens (tertiary/aromatic N) is 2. The number of carbonyl (C=O) groups excluding carboxylic acids is 4. The Morgan fingerprint density at radius 1 is 0.300 bits per heavy atom. The zero-order valence-electron chi connectivity index (χ0n) is 50.6. The van der Waals surface area contributed by atoms with E-state index in [2.05, 4.69) is 59.6 Å². The van der Waals surface area contributed by atoms with Gasteiger partial charge in [0.1, 0.15) is 0 Å². The molecule has 2 unspecified atom stereocenters. The van der Waals surface area contributed by atoms with E-state index < -0.39 is 0 Å². The Kier molecular flexibility index (Phi) is 27.6. The quantitative estimate of drug-likeness (QED) is 0.0169. The average Bonchev–Trinajstić information content (AvgIpc) is 3.55. The molecule has 2 atom stereocenters. The van der Waals surface area contributed by atoms with Crippen molar-refractivity contribution in [2.24, 2.45) is 11.8 Å². The topological polar surface area (TPSA) is 74.8 Å². The van der Waals surface area contributed by atoms with Crippen molar-refractivity contribution in [1.29, 1.82) is 0 Å². The van der Waals surface area contributed by atoms with Crippen LogP contribution in [0.25, 0.3) is 43.1 Å². The highest BCUT2D eigenvalue weighted by Crippen LogP contribution is 2.51. The number of fused-ring (bicyclic) bond motifs is 2. The first-order chi connectivity index (χ1) is 39.2. The van der Waals surface area contributed by atoms with Gasteiger partial charge in [-0.05, 0) is 72.6 Å². The summed E-state index contributed by atoms with van der Waals surface area (Å²) in [5.41, 5.74) is 2.26. The molecule has 0 radical (unpaired) electrons. The summed E-state index contributed by atoms with van der Waals surface area (Å²) in [6.45, 7) is 9.99. The lowest BCUT2D eigenvalue weighted by molar-refractivity contribution is 0.0562. The molecule has 4 amide bonds. The third-order valence-corrected chi connectivity index (χ3v) is 19.9. The van der Waals surface area contributed by atoms with Gasteiger partial charge in [-0.25, -0.2) is 0 Å². The van der Waals surface area contributed by atoms with E-state index in [0.29, 0.717) is 46.1 Å². The molecule has 8 heteroatoms. The Morgan fingerprint density at radius 2 is 0.537 bits per heavy atom. The van der Waals surface area contributed by atoms with Crippen LogP contribution in [0, 0.1) is 11.8 Å². The fourth-order valence-corrected chi connectivity index (χ4v) is 15.2. The molecule has 80 heavy (non-hydrogen) atoms. The van der Waals surface area contributed by atoms with E-state index in [1.54, 1.807) is 9.80 Å². The second kappa shape index (κ2) is 34.4. The largest absolute Gasteiger partial charge is 0.274 e. The number of benzene rings is 5. The summed E-state index contributed by atoms with van der Waals surface area (Å²) in [5.74, 6) is -0.293. The Hall–Kier alpha value is -3.36. The van der Waals surface area contributed by atoms with Crippen LogP contribution in [0.2, 0.25) is 0 Å². The van der Waals surface area contributed by atoms with Gasteiger partial charge in [0, 0.05) is 76.6 Å². The Labute approximate surface area is 501 Å². The smallest absolute Gasteiger partial charge is 0.261 e. The number of halogens is 2. The molecule has 0 saturated heterocycles. The van der Waals surface area contributed by atoms with Crippen molar-refractivity contribution in [2.75, 3.05) is 13.1 Å². The van der Waals surface area contributed by atoms with Crippen LogP contribution in [-0.2, 0) is 0 Å². The van der Waals surface area contributed by atoms with Crippen LogP contribution in [0.5, 0.6) is 0 Å². The molecule has 5 aromatic carbocycles. The first-order valence-corrected chi connectivity index (χ1v) is 35.1. The SMILES string of the molecule is CCCCCCCCCCCCC(CCCCCCCCCC)CN1C(=O)c2ccc3c4c(Br)cc5c6c(ccc(c7c(Br)cc(c2c37)C1=O)c64)C(=O)N(CC(CCCCCCCCCC)CCCCCCCCCCCC)C5=O. The van der Waals surface area contributed by atoms with Gasteiger partial charge in [0.2, 0.25) is 0 Å². The van der Waals surface area contributed by atoms with Gasteiger partial charge in [-0.2, -0.15) is 0 Å². The van der Waals surface area contributed by atoms with E-state index in [1.165, 1.54) is 205 Å². The van der Waals surface area contributed by atoms with E-state index in [9.17, 15) is 19.2 Å². The highest BCUT2D eigenvalue weighted by atomic mass is 79.9. The standard InChI is InChI=1S/C72H104Br2N2O4/c1-5-9-13-17-21-25-27-31-35-39-43-53(41-37-33-29-23-19-15-11-7-3)51-75-69(77)57-47-45-55-66-62(74)50-60-64-58(48-46-56(68(64)66)65-61(73)49-59(71(75)79)63(57)67(55)65)70(78)76(72(60)80)52-54(42-38-34-30-24-20-16-12-8-4)44-40-36-32-28-26-22-18-14-10-6-2/h45-50,53-54H,5-44,51-52H2,1-4H3. The van der Waals surface area contributed by atoms with Crippen LogP contribution in [0.3, 0.4) is 0 Å². The normalized spacial score (nSPS) is 14.4. The Balaban J connectivity index is 1.10. The molecule has 0 N–H and O–H groups in total. The van der Waals surface area contributed by atoms with Gasteiger partial charge in [0.05, 0.1) is 0 Å². The number of carbonyl (C=O) groups is 4. The Bertz CT molecular complexity index is 2560. The fraction of sp³-hybridized carbons (Fsp3) is 0.667. The fourth-order valence-electron chi connectivity index (χ4n) is 13.9. The molecule has 5 aromatic rings. The lowest BCUT2D eigenvalue weighted by Crippen LogP contribution is -2.43. The van der Waals surface area contributed by atoms with Gasteiger partial charge < -0.3 is 0 Å². The van der Waals surface area contributed by atoms with Gasteiger partial charge >= 0.3 is 0 Å². The molecule has 6 nitrogen and oxygen atoms in total. The summed E-state index contributed by atoms with van der Waals surface area (Å²) in [6.07, 6.45) is 50.2. The molecule has 440 valence electrons. The van der Waals surface area contributed by atoms with Crippen molar-refractivity contribution in [1.82, 2.24) is 9.80 Å².